The quantitative estimate of drug-likeness (QED) is 0.134. The number of hydrogen-bond donors (Lipinski definition) is 0. The third-order valence-electron chi connectivity index (χ3n) is 9.66. The van der Waals surface area contributed by atoms with E-state index in [4.69, 9.17) is 19.4 Å². The van der Waals surface area contributed by atoms with Gasteiger partial charge in [-0.1, -0.05) is 158 Å². The summed E-state index contributed by atoms with van der Waals surface area (Å²) >= 11 is 0. The Bertz CT molecular complexity index is 2760. The van der Waals surface area contributed by atoms with Gasteiger partial charge in [0.2, 0.25) is 0 Å². The molecule has 2 aromatic heterocycles. The molecule has 8 rings (SSSR count). The van der Waals surface area contributed by atoms with Gasteiger partial charge in [-0.15, -0.1) is 0 Å². The van der Waals surface area contributed by atoms with Crippen LogP contribution < -0.4 is 0 Å². The van der Waals surface area contributed by atoms with Crippen LogP contribution in [0, 0.1) is 0 Å². The highest BCUT2D eigenvalue weighted by Crippen LogP contribution is 2.37. The summed E-state index contributed by atoms with van der Waals surface area (Å²) in [5.74, 6) is 1.68. The lowest BCUT2D eigenvalue weighted by Crippen LogP contribution is -2.03. The second-order valence-electron chi connectivity index (χ2n) is 13.1. The smallest absolute Gasteiger partial charge is 0.164 e. The first-order chi connectivity index (χ1) is 26.6. The van der Waals surface area contributed by atoms with Gasteiger partial charge in [0.25, 0.3) is 0 Å². The molecule has 0 radical (unpaired) electrons. The van der Waals surface area contributed by atoms with Crippen LogP contribution in [0.2, 0.25) is 0 Å². The van der Waals surface area contributed by atoms with E-state index in [-0.39, 0.29) is 0 Å². The summed E-state index contributed by atoms with van der Waals surface area (Å²) in [6, 6.07) is 46.3. The van der Waals surface area contributed by atoms with Crippen molar-refractivity contribution in [2.24, 2.45) is 0 Å². The highest BCUT2D eigenvalue weighted by Gasteiger charge is 2.18. The van der Waals surface area contributed by atoms with Crippen LogP contribution in [-0.4, -0.2) is 15.0 Å². The van der Waals surface area contributed by atoms with Gasteiger partial charge in [0.05, 0.1) is 0 Å². The van der Waals surface area contributed by atoms with Crippen molar-refractivity contribution >= 4 is 43.9 Å². The Balaban J connectivity index is 1.26. The van der Waals surface area contributed by atoms with E-state index in [2.05, 4.69) is 134 Å². The molecule has 8 aromatic rings. The number of rotatable bonds is 10. The lowest BCUT2D eigenvalue weighted by atomic mass is 10.00. The number of fused-ring (bicyclic) bond motifs is 4. The van der Waals surface area contributed by atoms with E-state index in [1.54, 1.807) is 0 Å². The van der Waals surface area contributed by atoms with E-state index < -0.39 is 0 Å². The third-order valence-corrected chi connectivity index (χ3v) is 9.66. The molecular formula is C50H39N3O. The first-order valence-electron chi connectivity index (χ1n) is 18.3. The average Bonchev–Trinajstić information content (AvgIpc) is 3.61. The average molecular weight is 698 g/mol. The fourth-order valence-electron chi connectivity index (χ4n) is 6.86. The molecule has 0 saturated heterocycles. The van der Waals surface area contributed by atoms with Crippen LogP contribution in [0.3, 0.4) is 0 Å². The lowest BCUT2D eigenvalue weighted by molar-refractivity contribution is 0.668. The van der Waals surface area contributed by atoms with Gasteiger partial charge in [-0.25, -0.2) is 15.0 Å². The monoisotopic (exact) mass is 697 g/mol. The lowest BCUT2D eigenvalue weighted by Gasteiger charge is -2.11. The molecule has 0 atom stereocenters. The van der Waals surface area contributed by atoms with Crippen LogP contribution in [0.25, 0.3) is 77.8 Å². The van der Waals surface area contributed by atoms with Crippen LogP contribution in [-0.2, 0) is 6.42 Å². The summed E-state index contributed by atoms with van der Waals surface area (Å²) in [5.41, 5.74) is 9.79. The van der Waals surface area contributed by atoms with Crippen LogP contribution in [0.15, 0.2) is 187 Å². The van der Waals surface area contributed by atoms with Gasteiger partial charge in [0.15, 0.2) is 17.5 Å². The summed E-state index contributed by atoms with van der Waals surface area (Å²) in [5, 5.41) is 4.43. The molecule has 0 spiro atoms. The maximum absolute atomic E-state index is 6.45. The highest BCUT2D eigenvalue weighted by molar-refractivity contribution is 6.12. The van der Waals surface area contributed by atoms with Crippen molar-refractivity contribution in [3.8, 4) is 33.9 Å². The second kappa shape index (κ2) is 15.4. The summed E-state index contributed by atoms with van der Waals surface area (Å²) in [7, 11) is 0. The molecule has 4 nitrogen and oxygen atoms in total. The molecule has 0 aliphatic rings. The van der Waals surface area contributed by atoms with Gasteiger partial charge in [-0.2, -0.15) is 0 Å². The molecule has 0 unspecified atom stereocenters. The fraction of sp³-hybridized carbons (Fsp3) is 0.0600. The van der Waals surface area contributed by atoms with Crippen LogP contribution in [0.4, 0.5) is 0 Å². The molecule has 0 aliphatic carbocycles. The van der Waals surface area contributed by atoms with Gasteiger partial charge in [0, 0.05) is 27.5 Å². The normalized spacial score (nSPS) is 12.5. The van der Waals surface area contributed by atoms with Crippen molar-refractivity contribution in [2.75, 3.05) is 0 Å². The molecule has 0 N–H and O–H groups in total. The molecule has 0 amide bonds. The zero-order valence-electron chi connectivity index (χ0n) is 30.4. The van der Waals surface area contributed by atoms with Crippen molar-refractivity contribution < 1.29 is 4.42 Å². The minimum atomic E-state index is 0.541. The van der Waals surface area contributed by atoms with E-state index in [0.29, 0.717) is 17.5 Å². The molecule has 2 heterocycles. The van der Waals surface area contributed by atoms with Crippen LogP contribution >= 0.6 is 0 Å². The fourth-order valence-corrected chi connectivity index (χ4v) is 6.86. The maximum atomic E-state index is 6.45. The summed E-state index contributed by atoms with van der Waals surface area (Å²) in [6.07, 6.45) is 15.1. The van der Waals surface area contributed by atoms with Gasteiger partial charge in [0.1, 0.15) is 11.2 Å². The second-order valence-corrected chi connectivity index (χ2v) is 13.1. The van der Waals surface area contributed by atoms with Crippen molar-refractivity contribution in [1.82, 2.24) is 15.0 Å². The first kappa shape index (κ1) is 34.2. The number of furan rings is 1. The van der Waals surface area contributed by atoms with E-state index in [1.807, 2.05) is 62.4 Å². The van der Waals surface area contributed by atoms with E-state index in [1.165, 1.54) is 16.3 Å². The summed E-state index contributed by atoms with van der Waals surface area (Å²) < 4.78 is 6.45. The Labute approximate surface area is 315 Å². The molecule has 54 heavy (non-hydrogen) atoms. The van der Waals surface area contributed by atoms with Crippen LogP contribution in [0.5, 0.6) is 0 Å². The highest BCUT2D eigenvalue weighted by atomic mass is 16.3. The molecule has 6 aromatic carbocycles. The SMILES string of the molecule is C=C/C(=C\C(=C/C)c1ccccc1)c1nc(-c2ccc(-c3ccc4ccccc4c3)cc2)nc(-c2cccc3oc4cc(C/C=C\C=C/C)ccc4c23)n1. The Morgan fingerprint density at radius 3 is 2.19 bits per heavy atom. The van der Waals surface area contributed by atoms with Crippen molar-refractivity contribution in [3.63, 3.8) is 0 Å². The molecule has 0 saturated carbocycles. The zero-order valence-corrected chi connectivity index (χ0v) is 30.4. The summed E-state index contributed by atoms with van der Waals surface area (Å²) in [6.45, 7) is 8.25. The number of allylic oxidation sites excluding steroid dienone is 9. The molecular weight excluding hydrogens is 659 g/mol. The Kier molecular flexibility index (Phi) is 9.73. The van der Waals surface area contributed by atoms with Crippen molar-refractivity contribution in [1.29, 1.82) is 0 Å². The van der Waals surface area contributed by atoms with E-state index >= 15 is 0 Å². The summed E-state index contributed by atoms with van der Waals surface area (Å²) in [4.78, 5) is 15.4. The van der Waals surface area contributed by atoms with E-state index in [0.717, 1.165) is 67.3 Å². The third kappa shape index (κ3) is 6.98. The van der Waals surface area contributed by atoms with Gasteiger partial charge in [-0.05, 0) is 83.1 Å². The predicted octanol–water partition coefficient (Wildman–Crippen LogP) is 13.3. The molecule has 260 valence electrons. The molecule has 0 fully saturated rings. The minimum Gasteiger partial charge on any atom is -0.456 e. The molecule has 0 bridgehead atoms. The minimum absolute atomic E-state index is 0.541. The Hall–Kier alpha value is -6.91. The molecule has 4 heteroatoms. The predicted molar refractivity (Wildman–Crippen MR) is 227 cm³/mol. The van der Waals surface area contributed by atoms with Gasteiger partial charge in [-0.3, -0.25) is 0 Å². The zero-order chi connectivity index (χ0) is 36.9. The molecule has 0 aliphatic heterocycles. The van der Waals surface area contributed by atoms with Gasteiger partial charge < -0.3 is 4.42 Å². The number of benzene rings is 6. The van der Waals surface area contributed by atoms with Crippen molar-refractivity contribution in [3.05, 3.63) is 200 Å². The largest absolute Gasteiger partial charge is 0.456 e. The standard InChI is InChI=1S/C50H39N3O/c1-4-7-8-10-16-34-23-30-43-46(31-34)54-45-22-15-21-44(47(43)45)50-52-48(36(6-3)32-35(5-2)37-17-11-9-12-18-37)51-49(53-50)40-27-24-39(25-28-40)42-29-26-38-19-13-14-20-41(38)33-42/h4-15,17-33H,3,16H2,1-2H3/b7-4-,10-8-,35-5+,36-32+. The topological polar surface area (TPSA) is 51.8 Å². The Morgan fingerprint density at radius 2 is 1.39 bits per heavy atom. The van der Waals surface area contributed by atoms with E-state index in [9.17, 15) is 0 Å². The number of hydrogen-bond acceptors (Lipinski definition) is 4. The Morgan fingerprint density at radius 1 is 0.630 bits per heavy atom. The number of aromatic nitrogens is 3. The maximum Gasteiger partial charge on any atom is 0.164 e. The van der Waals surface area contributed by atoms with Gasteiger partial charge >= 0.3 is 0 Å². The van der Waals surface area contributed by atoms with Crippen LogP contribution in [0.1, 0.15) is 30.8 Å². The van der Waals surface area contributed by atoms with Crippen molar-refractivity contribution in [2.45, 2.75) is 20.3 Å². The number of nitrogens with zero attached hydrogens (tertiary/aromatic N) is 3. The first-order valence-corrected chi connectivity index (χ1v) is 18.3.